The highest BCUT2D eigenvalue weighted by Crippen LogP contribution is 2.12. The third-order valence-corrected chi connectivity index (χ3v) is 3.51. The van der Waals surface area contributed by atoms with E-state index in [9.17, 15) is 18.0 Å². The van der Waals surface area contributed by atoms with Gasteiger partial charge >= 0.3 is 10.2 Å². The number of imide groups is 1. The second kappa shape index (κ2) is 5.86. The van der Waals surface area contributed by atoms with Crippen LogP contribution in [0.15, 0.2) is 60.7 Å². The van der Waals surface area contributed by atoms with Crippen LogP contribution >= 0.6 is 0 Å². The summed E-state index contributed by atoms with van der Waals surface area (Å²) in [5.41, 5.74) is 0.103. The molecule has 108 valence electrons. The number of amides is 2. The van der Waals surface area contributed by atoms with Crippen molar-refractivity contribution in [3.05, 3.63) is 71.8 Å². The Hall–Kier alpha value is -2.51. The zero-order valence-electron chi connectivity index (χ0n) is 10.8. The highest BCUT2D eigenvalue weighted by Gasteiger charge is 2.32. The van der Waals surface area contributed by atoms with Crippen molar-refractivity contribution in [2.45, 2.75) is 0 Å². The first-order valence-corrected chi connectivity index (χ1v) is 7.43. The molecule has 0 aliphatic heterocycles. The minimum Gasteiger partial charge on any atom is -0.267 e. The lowest BCUT2D eigenvalue weighted by molar-refractivity contribution is 0.0731. The standard InChI is InChI=1S/C14H12N2O4S/c15-21(19,20)16(13(17)11-7-3-1-4-8-11)14(18)12-9-5-2-6-10-12/h1-10H,(H2,15,19,20). The smallest absolute Gasteiger partial charge is 0.267 e. The molecule has 0 bridgehead atoms. The van der Waals surface area contributed by atoms with Gasteiger partial charge in [-0.05, 0) is 24.3 Å². The van der Waals surface area contributed by atoms with Crippen LogP contribution in [0.2, 0.25) is 0 Å². The van der Waals surface area contributed by atoms with Gasteiger partial charge < -0.3 is 0 Å². The summed E-state index contributed by atoms with van der Waals surface area (Å²) in [6.45, 7) is 0. The van der Waals surface area contributed by atoms with Gasteiger partial charge in [-0.1, -0.05) is 36.4 Å². The maximum Gasteiger partial charge on any atom is 0.308 e. The van der Waals surface area contributed by atoms with Crippen molar-refractivity contribution in [1.82, 2.24) is 4.31 Å². The predicted molar refractivity (Wildman–Crippen MR) is 76.5 cm³/mol. The van der Waals surface area contributed by atoms with Crippen molar-refractivity contribution in [2.75, 3.05) is 0 Å². The van der Waals surface area contributed by atoms with E-state index in [-0.39, 0.29) is 15.4 Å². The molecular formula is C14H12N2O4S. The molecule has 0 aromatic heterocycles. The molecule has 7 heteroatoms. The molecule has 0 saturated heterocycles. The van der Waals surface area contributed by atoms with Crippen LogP contribution in [0.3, 0.4) is 0 Å². The molecule has 0 saturated carbocycles. The summed E-state index contributed by atoms with van der Waals surface area (Å²) in [4.78, 5) is 24.5. The molecule has 2 aromatic rings. The first-order valence-electron chi connectivity index (χ1n) is 5.93. The van der Waals surface area contributed by atoms with Crippen LogP contribution in [0.25, 0.3) is 0 Å². The van der Waals surface area contributed by atoms with Crippen LogP contribution in [0.4, 0.5) is 0 Å². The molecule has 6 nitrogen and oxygen atoms in total. The number of hydrogen-bond donors (Lipinski definition) is 1. The monoisotopic (exact) mass is 304 g/mol. The summed E-state index contributed by atoms with van der Waals surface area (Å²) in [6.07, 6.45) is 0. The number of rotatable bonds is 3. The van der Waals surface area contributed by atoms with Crippen LogP contribution in [-0.2, 0) is 10.2 Å². The summed E-state index contributed by atoms with van der Waals surface area (Å²) in [5, 5.41) is 5.01. The number of benzene rings is 2. The van der Waals surface area contributed by atoms with E-state index < -0.39 is 22.0 Å². The average Bonchev–Trinajstić information content (AvgIpc) is 2.47. The quantitative estimate of drug-likeness (QED) is 0.861. The van der Waals surface area contributed by atoms with Gasteiger partial charge in [0.25, 0.3) is 11.8 Å². The van der Waals surface area contributed by atoms with Crippen LogP contribution in [0.5, 0.6) is 0 Å². The Morgan fingerprint density at radius 1 is 0.762 bits per heavy atom. The van der Waals surface area contributed by atoms with E-state index in [4.69, 9.17) is 5.14 Å². The molecule has 0 atom stereocenters. The molecule has 2 aromatic carbocycles. The van der Waals surface area contributed by atoms with Gasteiger partial charge in [0.1, 0.15) is 0 Å². The Morgan fingerprint density at radius 3 is 1.38 bits per heavy atom. The summed E-state index contributed by atoms with van der Waals surface area (Å²) < 4.78 is 23.3. The summed E-state index contributed by atoms with van der Waals surface area (Å²) in [6, 6.07) is 15.2. The van der Waals surface area contributed by atoms with Crippen molar-refractivity contribution in [3.8, 4) is 0 Å². The van der Waals surface area contributed by atoms with E-state index in [0.717, 1.165) is 0 Å². The normalized spacial score (nSPS) is 10.9. The van der Waals surface area contributed by atoms with Crippen molar-refractivity contribution in [3.63, 3.8) is 0 Å². The largest absolute Gasteiger partial charge is 0.308 e. The molecule has 0 heterocycles. The maximum atomic E-state index is 12.3. The molecule has 0 aliphatic rings. The molecule has 0 spiro atoms. The van der Waals surface area contributed by atoms with Crippen LogP contribution in [0.1, 0.15) is 20.7 Å². The number of nitrogens with zero attached hydrogens (tertiary/aromatic N) is 1. The number of carbonyl (C=O) groups is 2. The number of carbonyl (C=O) groups excluding carboxylic acids is 2. The first kappa shape index (κ1) is 14.9. The second-order valence-electron chi connectivity index (χ2n) is 4.15. The van der Waals surface area contributed by atoms with Crippen LogP contribution in [0, 0.1) is 0 Å². The molecule has 2 N–H and O–H groups in total. The fourth-order valence-electron chi connectivity index (χ4n) is 1.72. The average molecular weight is 304 g/mol. The lowest BCUT2D eigenvalue weighted by atomic mass is 10.2. The molecule has 21 heavy (non-hydrogen) atoms. The third kappa shape index (κ3) is 3.33. The van der Waals surface area contributed by atoms with Gasteiger partial charge in [0.2, 0.25) is 0 Å². The first-order chi connectivity index (χ1) is 9.91. The van der Waals surface area contributed by atoms with Crippen molar-refractivity contribution in [2.24, 2.45) is 5.14 Å². The van der Waals surface area contributed by atoms with E-state index in [2.05, 4.69) is 0 Å². The van der Waals surface area contributed by atoms with Gasteiger partial charge in [-0.3, -0.25) is 9.59 Å². The van der Waals surface area contributed by atoms with Gasteiger partial charge in [0.05, 0.1) is 0 Å². The highest BCUT2D eigenvalue weighted by molar-refractivity contribution is 7.88. The fraction of sp³-hybridized carbons (Fsp3) is 0. The van der Waals surface area contributed by atoms with Crippen molar-refractivity contribution >= 4 is 22.0 Å². The minimum atomic E-state index is -4.53. The van der Waals surface area contributed by atoms with Gasteiger partial charge in [-0.15, -0.1) is 0 Å². The Balaban J connectivity index is 2.46. The van der Waals surface area contributed by atoms with Crippen molar-refractivity contribution in [1.29, 1.82) is 0 Å². The molecule has 2 amide bonds. The van der Waals surface area contributed by atoms with Gasteiger partial charge in [-0.25, -0.2) is 5.14 Å². The Bertz CT molecular complexity index is 707. The summed E-state index contributed by atoms with van der Waals surface area (Å²) in [5.74, 6) is -1.99. The van der Waals surface area contributed by atoms with E-state index in [1.807, 2.05) is 0 Å². The van der Waals surface area contributed by atoms with Gasteiger partial charge in [0.15, 0.2) is 0 Å². The minimum absolute atomic E-state index is 0.0517. The van der Waals surface area contributed by atoms with E-state index in [1.165, 1.54) is 24.3 Å². The van der Waals surface area contributed by atoms with Gasteiger partial charge in [0, 0.05) is 11.1 Å². The summed E-state index contributed by atoms with van der Waals surface area (Å²) in [7, 11) is -4.53. The number of hydrogen-bond acceptors (Lipinski definition) is 4. The van der Waals surface area contributed by atoms with Gasteiger partial charge in [-0.2, -0.15) is 12.7 Å². The van der Waals surface area contributed by atoms with Crippen LogP contribution in [-0.4, -0.2) is 24.5 Å². The van der Waals surface area contributed by atoms with E-state index >= 15 is 0 Å². The third-order valence-electron chi connectivity index (χ3n) is 2.66. The molecule has 0 unspecified atom stereocenters. The molecule has 0 aliphatic carbocycles. The lowest BCUT2D eigenvalue weighted by Gasteiger charge is -2.18. The molecule has 2 rings (SSSR count). The van der Waals surface area contributed by atoms with Crippen molar-refractivity contribution < 1.29 is 18.0 Å². The second-order valence-corrected chi connectivity index (χ2v) is 5.55. The molecule has 0 fully saturated rings. The summed E-state index contributed by atoms with van der Waals surface area (Å²) >= 11 is 0. The highest BCUT2D eigenvalue weighted by atomic mass is 32.2. The lowest BCUT2D eigenvalue weighted by Crippen LogP contribution is -2.45. The Morgan fingerprint density at radius 2 is 1.10 bits per heavy atom. The predicted octanol–water partition coefficient (Wildman–Crippen LogP) is 1.17. The topological polar surface area (TPSA) is 97.5 Å². The Kier molecular flexibility index (Phi) is 4.15. The number of nitrogens with two attached hydrogens (primary N) is 1. The zero-order valence-corrected chi connectivity index (χ0v) is 11.7. The molecule has 0 radical (unpaired) electrons. The van der Waals surface area contributed by atoms with Crippen LogP contribution < -0.4 is 5.14 Å². The zero-order chi connectivity index (χ0) is 15.5. The SMILES string of the molecule is NS(=O)(=O)N(C(=O)c1ccccc1)C(=O)c1ccccc1. The Labute approximate surface area is 122 Å². The molecular weight excluding hydrogens is 292 g/mol. The maximum absolute atomic E-state index is 12.3. The van der Waals surface area contributed by atoms with E-state index in [0.29, 0.717) is 0 Å². The van der Waals surface area contributed by atoms with E-state index in [1.54, 1.807) is 36.4 Å². The fourth-order valence-corrected chi connectivity index (χ4v) is 2.39.